The predicted octanol–water partition coefficient (Wildman–Crippen LogP) is 1.62. The Hall–Kier alpha value is -1.65. The van der Waals surface area contributed by atoms with Gasteiger partial charge in [-0.2, -0.15) is 5.10 Å². The highest BCUT2D eigenvalue weighted by atomic mass is 16.2. The van der Waals surface area contributed by atoms with E-state index in [2.05, 4.69) is 24.0 Å². The van der Waals surface area contributed by atoms with E-state index in [1.807, 2.05) is 18.7 Å². The molecule has 0 bridgehead atoms. The minimum absolute atomic E-state index is 0.117. The van der Waals surface area contributed by atoms with Crippen LogP contribution in [-0.4, -0.2) is 34.1 Å². The van der Waals surface area contributed by atoms with Crippen molar-refractivity contribution in [2.45, 2.75) is 40.5 Å². The summed E-state index contributed by atoms with van der Waals surface area (Å²) >= 11 is 0. The van der Waals surface area contributed by atoms with Crippen LogP contribution in [0.5, 0.6) is 0 Å². The Balaban J connectivity index is 1.91. The molecule has 0 aromatic carbocycles. The molecule has 2 atom stereocenters. The minimum atomic E-state index is -0.353. The Morgan fingerprint density at radius 2 is 1.90 bits per heavy atom. The van der Waals surface area contributed by atoms with Gasteiger partial charge < -0.3 is 4.90 Å². The molecule has 0 spiro atoms. The van der Waals surface area contributed by atoms with Gasteiger partial charge >= 0.3 is 0 Å². The lowest BCUT2D eigenvalue weighted by atomic mass is 10.0. The summed E-state index contributed by atoms with van der Waals surface area (Å²) in [5.41, 5.74) is 1.96. The maximum atomic E-state index is 12.8. The van der Waals surface area contributed by atoms with Gasteiger partial charge in [0, 0.05) is 13.1 Å². The number of nitrogens with zero attached hydrogens (tertiary/aromatic N) is 2. The molecule has 2 heterocycles. The standard InChI is InChI=1S/C16H23N3O2/c1-5-9-12(6-2)17-18-14(20)13(9)15(21)19-7-10-11(8-19)16(10,3)4/h10-11H,5-8H2,1-4H3,(H,18,20)/t10-,11-/m1/s1. The van der Waals surface area contributed by atoms with Crippen LogP contribution in [-0.2, 0) is 12.8 Å². The van der Waals surface area contributed by atoms with E-state index < -0.39 is 0 Å². The number of aryl methyl sites for hydroxylation is 1. The van der Waals surface area contributed by atoms with Gasteiger partial charge in [-0.15, -0.1) is 0 Å². The van der Waals surface area contributed by atoms with E-state index in [0.717, 1.165) is 30.8 Å². The number of aromatic nitrogens is 2. The van der Waals surface area contributed by atoms with Crippen LogP contribution in [0.3, 0.4) is 0 Å². The van der Waals surface area contributed by atoms with Crippen LogP contribution in [0.15, 0.2) is 4.79 Å². The number of piperidine rings is 1. The first-order valence-corrected chi connectivity index (χ1v) is 7.81. The fourth-order valence-corrected chi connectivity index (χ4v) is 3.88. The Bertz CT molecular complexity index is 633. The molecule has 1 saturated carbocycles. The first kappa shape index (κ1) is 14.3. The number of rotatable bonds is 3. The molecule has 3 rings (SSSR count). The molecule has 1 amide bonds. The van der Waals surface area contributed by atoms with Gasteiger partial charge in [0.2, 0.25) is 0 Å². The van der Waals surface area contributed by atoms with Crippen LogP contribution in [0.1, 0.15) is 49.3 Å². The van der Waals surface area contributed by atoms with Crippen LogP contribution >= 0.6 is 0 Å². The van der Waals surface area contributed by atoms with E-state index >= 15 is 0 Å². The van der Waals surface area contributed by atoms with Crippen molar-refractivity contribution >= 4 is 5.91 Å². The Kier molecular flexibility index (Phi) is 3.19. The number of hydrogen-bond donors (Lipinski definition) is 1. The third-order valence-electron chi connectivity index (χ3n) is 5.48. The fourth-order valence-electron chi connectivity index (χ4n) is 3.88. The first-order chi connectivity index (χ1) is 9.91. The second-order valence-electron chi connectivity index (χ2n) is 6.80. The van der Waals surface area contributed by atoms with Gasteiger partial charge in [-0.1, -0.05) is 27.7 Å². The van der Waals surface area contributed by atoms with E-state index in [-0.39, 0.29) is 11.5 Å². The van der Waals surface area contributed by atoms with Crippen LogP contribution in [0.2, 0.25) is 0 Å². The summed E-state index contributed by atoms with van der Waals surface area (Å²) in [7, 11) is 0. The average Bonchev–Trinajstić information content (AvgIpc) is 2.84. The molecule has 1 N–H and O–H groups in total. The van der Waals surface area contributed by atoms with Gasteiger partial charge in [0.05, 0.1) is 5.69 Å². The molecule has 2 fully saturated rings. The maximum absolute atomic E-state index is 12.8. The van der Waals surface area contributed by atoms with Gasteiger partial charge in [-0.3, -0.25) is 9.59 Å². The van der Waals surface area contributed by atoms with Crippen LogP contribution in [0.4, 0.5) is 0 Å². The summed E-state index contributed by atoms with van der Waals surface area (Å²) in [6.45, 7) is 10.0. The number of carbonyl (C=O) groups is 1. The lowest BCUT2D eigenvalue weighted by Crippen LogP contribution is -2.37. The second-order valence-corrected chi connectivity index (χ2v) is 6.80. The minimum Gasteiger partial charge on any atom is -0.338 e. The van der Waals surface area contributed by atoms with Crippen molar-refractivity contribution in [3.05, 3.63) is 27.2 Å². The molecule has 0 unspecified atom stereocenters. The number of hydrogen-bond acceptors (Lipinski definition) is 3. The molecule has 2 aliphatic rings. The van der Waals surface area contributed by atoms with Gasteiger partial charge in [0.25, 0.3) is 11.5 Å². The SMILES string of the molecule is CCc1n[nH]c(=O)c(C(=O)N2C[C@@H]3[C@@H](C2)C3(C)C)c1CC. The van der Waals surface area contributed by atoms with E-state index in [0.29, 0.717) is 29.2 Å². The van der Waals surface area contributed by atoms with Crippen molar-refractivity contribution in [1.82, 2.24) is 15.1 Å². The third kappa shape index (κ3) is 2.01. The highest BCUT2D eigenvalue weighted by molar-refractivity contribution is 5.95. The number of fused-ring (bicyclic) bond motifs is 1. The average molecular weight is 289 g/mol. The van der Waals surface area contributed by atoms with Crippen molar-refractivity contribution in [3.8, 4) is 0 Å². The van der Waals surface area contributed by atoms with E-state index in [1.54, 1.807) is 0 Å². The zero-order valence-electron chi connectivity index (χ0n) is 13.2. The van der Waals surface area contributed by atoms with Gasteiger partial charge in [0.15, 0.2) is 0 Å². The van der Waals surface area contributed by atoms with Crippen molar-refractivity contribution in [2.24, 2.45) is 17.3 Å². The molecule has 1 aliphatic heterocycles. The second kappa shape index (κ2) is 4.68. The maximum Gasteiger partial charge on any atom is 0.277 e. The number of likely N-dealkylation sites (tertiary alicyclic amines) is 1. The summed E-state index contributed by atoms with van der Waals surface area (Å²) < 4.78 is 0. The molecule has 5 heteroatoms. The first-order valence-electron chi connectivity index (χ1n) is 7.81. The van der Waals surface area contributed by atoms with E-state index in [4.69, 9.17) is 0 Å². The van der Waals surface area contributed by atoms with Gasteiger partial charge in [-0.05, 0) is 35.7 Å². The molecule has 1 aliphatic carbocycles. The Morgan fingerprint density at radius 1 is 1.29 bits per heavy atom. The lowest BCUT2D eigenvalue weighted by molar-refractivity contribution is 0.0754. The van der Waals surface area contributed by atoms with Gasteiger partial charge in [0.1, 0.15) is 5.56 Å². The zero-order valence-corrected chi connectivity index (χ0v) is 13.2. The van der Waals surface area contributed by atoms with Crippen molar-refractivity contribution in [2.75, 3.05) is 13.1 Å². The van der Waals surface area contributed by atoms with Crippen LogP contribution in [0.25, 0.3) is 0 Å². The summed E-state index contributed by atoms with van der Waals surface area (Å²) in [5.74, 6) is 1.07. The number of amides is 1. The highest BCUT2D eigenvalue weighted by Crippen LogP contribution is 2.62. The molecular weight excluding hydrogens is 266 g/mol. The molecule has 0 radical (unpaired) electrons. The van der Waals surface area contributed by atoms with E-state index in [1.165, 1.54) is 0 Å². The normalized spacial score (nSPS) is 25.8. The summed E-state index contributed by atoms with van der Waals surface area (Å²) in [6.07, 6.45) is 1.38. The monoisotopic (exact) mass is 289 g/mol. The lowest BCUT2D eigenvalue weighted by Gasteiger charge is -2.23. The number of H-pyrrole nitrogens is 1. The van der Waals surface area contributed by atoms with Crippen molar-refractivity contribution < 1.29 is 4.79 Å². The van der Waals surface area contributed by atoms with Crippen molar-refractivity contribution in [3.63, 3.8) is 0 Å². The predicted molar refractivity (Wildman–Crippen MR) is 80.3 cm³/mol. The van der Waals surface area contributed by atoms with Gasteiger partial charge in [-0.25, -0.2) is 5.10 Å². The quantitative estimate of drug-likeness (QED) is 0.919. The molecule has 1 aromatic rings. The number of carbonyl (C=O) groups excluding carboxylic acids is 1. The smallest absolute Gasteiger partial charge is 0.277 e. The van der Waals surface area contributed by atoms with Crippen LogP contribution in [0, 0.1) is 17.3 Å². The fraction of sp³-hybridized carbons (Fsp3) is 0.688. The molecule has 114 valence electrons. The number of aromatic amines is 1. The van der Waals surface area contributed by atoms with E-state index in [9.17, 15) is 9.59 Å². The topological polar surface area (TPSA) is 66.1 Å². The molecular formula is C16H23N3O2. The molecule has 5 nitrogen and oxygen atoms in total. The van der Waals surface area contributed by atoms with Crippen molar-refractivity contribution in [1.29, 1.82) is 0 Å². The highest BCUT2D eigenvalue weighted by Gasteiger charge is 2.62. The largest absolute Gasteiger partial charge is 0.338 e. The third-order valence-corrected chi connectivity index (χ3v) is 5.48. The molecule has 21 heavy (non-hydrogen) atoms. The molecule has 1 aromatic heterocycles. The zero-order chi connectivity index (χ0) is 15.4. The molecule has 1 saturated heterocycles. The summed E-state index contributed by atoms with van der Waals surface area (Å²) in [4.78, 5) is 26.7. The number of nitrogens with one attached hydrogen (secondary N) is 1. The summed E-state index contributed by atoms with van der Waals surface area (Å²) in [6, 6.07) is 0. The van der Waals surface area contributed by atoms with Crippen LogP contribution < -0.4 is 5.56 Å². The Labute approximate surface area is 124 Å². The Morgan fingerprint density at radius 3 is 2.43 bits per heavy atom. The summed E-state index contributed by atoms with van der Waals surface area (Å²) in [5, 5.41) is 6.56.